The van der Waals surface area contributed by atoms with Crippen LogP contribution in [0, 0.1) is 0 Å². The van der Waals surface area contributed by atoms with E-state index in [1.54, 1.807) is 0 Å². The van der Waals surface area contributed by atoms with E-state index < -0.39 is 29.3 Å². The molecule has 2 N–H and O–H groups in total. The zero-order valence-corrected chi connectivity index (χ0v) is 17.3. The molecule has 27 heavy (non-hydrogen) atoms. The van der Waals surface area contributed by atoms with Gasteiger partial charge in [-0.1, -0.05) is 0 Å². The van der Waals surface area contributed by atoms with Crippen molar-refractivity contribution < 1.29 is 29.0 Å². The number of amides is 2. The highest BCUT2D eigenvalue weighted by Gasteiger charge is 2.54. The molecule has 1 aromatic rings. The number of fused-ring (bicyclic) bond motifs is 1. The fourth-order valence-electron chi connectivity index (χ4n) is 2.81. The minimum Gasteiger partial charge on any atom is -0.477 e. The van der Waals surface area contributed by atoms with Crippen LogP contribution < -0.4 is 5.32 Å². The molecule has 0 aromatic carbocycles. The number of esters is 1. The SMILES string of the molecule is CC(=O)OCC1=C(C(=O)O)N2C(=O)[C@@H](NC(=O)Cc3cc(Br)cs3)[C@H]2SC1. The minimum atomic E-state index is -1.26. The normalized spacial score (nSPS) is 21.4. The number of carboxylic acids is 1. The standard InChI is InChI=1S/C16H15BrN2O6S2/c1-7(20)25-4-8-5-27-15-12(14(22)19(15)13(8)16(23)24)18-11(21)3-10-2-9(17)6-26-10/h2,6,12,15H,3-5H2,1H3,(H,18,21)(H,23,24)/t12-,15-/m1/s1. The van der Waals surface area contributed by atoms with E-state index in [1.165, 1.54) is 30.0 Å². The maximum Gasteiger partial charge on any atom is 0.352 e. The monoisotopic (exact) mass is 474 g/mol. The number of hydrogen-bond acceptors (Lipinski definition) is 7. The summed E-state index contributed by atoms with van der Waals surface area (Å²) in [6.07, 6.45) is 0.150. The zero-order valence-electron chi connectivity index (χ0n) is 14.1. The van der Waals surface area contributed by atoms with E-state index in [-0.39, 0.29) is 24.6 Å². The van der Waals surface area contributed by atoms with Crippen LogP contribution in [0.15, 0.2) is 27.2 Å². The largest absolute Gasteiger partial charge is 0.477 e. The predicted molar refractivity (Wildman–Crippen MR) is 102 cm³/mol. The van der Waals surface area contributed by atoms with Gasteiger partial charge >= 0.3 is 11.9 Å². The van der Waals surface area contributed by atoms with Crippen LogP contribution in [-0.4, -0.2) is 57.5 Å². The highest BCUT2D eigenvalue weighted by Crippen LogP contribution is 2.40. The van der Waals surface area contributed by atoms with Crippen LogP contribution >= 0.6 is 39.0 Å². The molecule has 1 fully saturated rings. The molecule has 0 radical (unpaired) electrons. The van der Waals surface area contributed by atoms with Gasteiger partial charge in [0.1, 0.15) is 23.7 Å². The summed E-state index contributed by atoms with van der Waals surface area (Å²) >= 11 is 6.09. The summed E-state index contributed by atoms with van der Waals surface area (Å²) in [5.74, 6) is -2.27. The van der Waals surface area contributed by atoms with E-state index in [0.717, 1.165) is 14.2 Å². The molecule has 11 heteroatoms. The maximum atomic E-state index is 12.5. The molecule has 0 unspecified atom stereocenters. The Morgan fingerprint density at radius 3 is 2.78 bits per heavy atom. The van der Waals surface area contributed by atoms with Crippen LogP contribution in [0.4, 0.5) is 0 Å². The molecule has 1 saturated heterocycles. The van der Waals surface area contributed by atoms with E-state index in [1.807, 2.05) is 11.4 Å². The third-order valence-electron chi connectivity index (χ3n) is 3.97. The smallest absolute Gasteiger partial charge is 0.352 e. The summed E-state index contributed by atoms with van der Waals surface area (Å²) in [6, 6.07) is 1.07. The number of nitrogens with one attached hydrogen (secondary N) is 1. The van der Waals surface area contributed by atoms with Crippen LogP contribution in [0.5, 0.6) is 0 Å². The second-order valence-corrected chi connectivity index (χ2v) is 8.92. The average Bonchev–Trinajstić information content (AvgIpc) is 3.01. The Labute approximate surface area is 171 Å². The summed E-state index contributed by atoms with van der Waals surface area (Å²) in [5.41, 5.74) is 0.193. The molecule has 3 heterocycles. The Bertz CT molecular complexity index is 852. The number of aliphatic carboxylic acids is 1. The third kappa shape index (κ3) is 4.19. The molecule has 2 aliphatic rings. The highest BCUT2D eigenvalue weighted by atomic mass is 79.9. The summed E-state index contributed by atoms with van der Waals surface area (Å²) in [5, 5.41) is 13.6. The molecule has 8 nitrogen and oxygen atoms in total. The van der Waals surface area contributed by atoms with Crippen molar-refractivity contribution in [2.24, 2.45) is 0 Å². The first kappa shape index (κ1) is 19.9. The van der Waals surface area contributed by atoms with E-state index in [4.69, 9.17) is 4.74 Å². The van der Waals surface area contributed by atoms with Gasteiger partial charge in [-0.2, -0.15) is 0 Å². The van der Waals surface area contributed by atoms with Crippen LogP contribution in [-0.2, 0) is 30.3 Å². The van der Waals surface area contributed by atoms with E-state index in [9.17, 15) is 24.3 Å². The van der Waals surface area contributed by atoms with Crippen molar-refractivity contribution in [1.82, 2.24) is 10.2 Å². The topological polar surface area (TPSA) is 113 Å². The number of thioether (sulfide) groups is 1. The summed E-state index contributed by atoms with van der Waals surface area (Å²) in [7, 11) is 0. The van der Waals surface area contributed by atoms with Gasteiger partial charge in [0.15, 0.2) is 0 Å². The van der Waals surface area contributed by atoms with Gasteiger partial charge in [0.25, 0.3) is 5.91 Å². The number of β-lactam (4-membered cyclic amide) rings is 1. The average molecular weight is 475 g/mol. The van der Waals surface area contributed by atoms with Crippen molar-refractivity contribution in [3.8, 4) is 0 Å². The van der Waals surface area contributed by atoms with Gasteiger partial charge in [0.2, 0.25) is 5.91 Å². The van der Waals surface area contributed by atoms with E-state index in [0.29, 0.717) is 11.3 Å². The molecule has 0 saturated carbocycles. The Kier molecular flexibility index (Phi) is 5.92. The zero-order chi connectivity index (χ0) is 19.7. The van der Waals surface area contributed by atoms with Crippen molar-refractivity contribution in [2.75, 3.05) is 12.4 Å². The van der Waals surface area contributed by atoms with Gasteiger partial charge in [-0.3, -0.25) is 19.3 Å². The van der Waals surface area contributed by atoms with Gasteiger partial charge in [-0.05, 0) is 22.0 Å². The van der Waals surface area contributed by atoms with Crippen molar-refractivity contribution in [3.63, 3.8) is 0 Å². The van der Waals surface area contributed by atoms with E-state index >= 15 is 0 Å². The lowest BCUT2D eigenvalue weighted by Crippen LogP contribution is -2.70. The number of rotatable bonds is 6. The molecule has 0 spiro atoms. The van der Waals surface area contributed by atoms with Crippen LogP contribution in [0.1, 0.15) is 11.8 Å². The lowest BCUT2D eigenvalue weighted by atomic mass is 10.0. The molecule has 2 aliphatic heterocycles. The van der Waals surface area contributed by atoms with Crippen molar-refractivity contribution in [3.05, 3.63) is 32.1 Å². The Morgan fingerprint density at radius 1 is 1.44 bits per heavy atom. The Morgan fingerprint density at radius 2 is 2.19 bits per heavy atom. The number of hydrogen-bond donors (Lipinski definition) is 2. The molecular formula is C16H15BrN2O6S2. The third-order valence-corrected chi connectivity index (χ3v) is 7.01. The minimum absolute atomic E-state index is 0.150. The van der Waals surface area contributed by atoms with Crippen LogP contribution in [0.3, 0.4) is 0 Å². The lowest BCUT2D eigenvalue weighted by Gasteiger charge is -2.49. The van der Waals surface area contributed by atoms with Gasteiger partial charge < -0.3 is 15.2 Å². The highest BCUT2D eigenvalue weighted by molar-refractivity contribution is 9.10. The van der Waals surface area contributed by atoms with Crippen LogP contribution in [0.2, 0.25) is 0 Å². The fraction of sp³-hybridized carbons (Fsp3) is 0.375. The molecular weight excluding hydrogens is 460 g/mol. The quantitative estimate of drug-likeness (QED) is 0.472. The molecule has 2 amide bonds. The van der Waals surface area contributed by atoms with Gasteiger partial charge in [0.05, 0.1) is 6.42 Å². The van der Waals surface area contributed by atoms with Crippen molar-refractivity contribution in [2.45, 2.75) is 24.8 Å². The first-order chi connectivity index (χ1) is 12.8. The Balaban J connectivity index is 1.68. The van der Waals surface area contributed by atoms with E-state index in [2.05, 4.69) is 21.2 Å². The number of carbonyl (C=O) groups is 4. The van der Waals surface area contributed by atoms with Crippen LogP contribution in [0.25, 0.3) is 0 Å². The van der Waals surface area contributed by atoms with Crippen molar-refractivity contribution >= 4 is 62.8 Å². The summed E-state index contributed by atoms with van der Waals surface area (Å²) in [4.78, 5) is 49.3. The number of halogens is 1. The van der Waals surface area contributed by atoms with Crippen molar-refractivity contribution in [1.29, 1.82) is 0 Å². The number of nitrogens with zero attached hydrogens (tertiary/aromatic N) is 1. The Hall–Kier alpha value is -1.85. The summed E-state index contributed by atoms with van der Waals surface area (Å²) < 4.78 is 5.77. The number of carbonyl (C=O) groups excluding carboxylic acids is 3. The van der Waals surface area contributed by atoms with Gasteiger partial charge in [-0.25, -0.2) is 4.79 Å². The number of ether oxygens (including phenoxy) is 1. The molecule has 0 aliphatic carbocycles. The predicted octanol–water partition coefficient (Wildman–Crippen LogP) is 1.35. The molecule has 2 atom stereocenters. The number of carboxylic acid groups (broad SMARTS) is 1. The molecule has 1 aromatic heterocycles. The van der Waals surface area contributed by atoms with Gasteiger partial charge in [-0.15, -0.1) is 23.1 Å². The van der Waals surface area contributed by atoms with Gasteiger partial charge in [0, 0.05) is 33.0 Å². The first-order valence-corrected chi connectivity index (χ1v) is 10.6. The maximum absolute atomic E-state index is 12.5. The molecule has 0 bridgehead atoms. The number of thiophene rings is 1. The molecule has 3 rings (SSSR count). The fourth-order valence-corrected chi connectivity index (χ4v) is 5.59. The second-order valence-electron chi connectivity index (χ2n) is 5.90. The first-order valence-electron chi connectivity index (χ1n) is 7.83. The molecule has 144 valence electrons. The second kappa shape index (κ2) is 8.03. The summed E-state index contributed by atoms with van der Waals surface area (Å²) in [6.45, 7) is 1.05. The lowest BCUT2D eigenvalue weighted by molar-refractivity contribution is -0.151.